The Labute approximate surface area is 190 Å². The maximum atomic E-state index is 14.7. The number of halogens is 2. The summed E-state index contributed by atoms with van der Waals surface area (Å²) >= 11 is 0. The molecule has 0 saturated heterocycles. The summed E-state index contributed by atoms with van der Waals surface area (Å²) in [5.74, 6) is -1.66. The maximum absolute atomic E-state index is 14.7. The van der Waals surface area contributed by atoms with Gasteiger partial charge in [0.1, 0.15) is 17.7 Å². The molecule has 0 aliphatic carbocycles. The van der Waals surface area contributed by atoms with E-state index < -0.39 is 31.7 Å². The van der Waals surface area contributed by atoms with E-state index in [0.29, 0.717) is 19.7 Å². The molecule has 172 valence electrons. The molecule has 0 fully saturated rings. The van der Waals surface area contributed by atoms with E-state index in [4.69, 9.17) is 4.74 Å². The molecule has 0 heterocycles. The molecular weight excluding hydrogens is 426 g/mol. The second-order valence-electron chi connectivity index (χ2n) is 8.66. The first-order valence-electron chi connectivity index (χ1n) is 10.5. The molecule has 1 atom stereocenters. The van der Waals surface area contributed by atoms with Crippen molar-refractivity contribution in [2.75, 3.05) is 25.5 Å². The van der Waals surface area contributed by atoms with Gasteiger partial charge in [0.15, 0.2) is 0 Å². The second-order valence-corrected chi connectivity index (χ2v) is 13.7. The molecule has 4 nitrogen and oxygen atoms in total. The van der Waals surface area contributed by atoms with Crippen molar-refractivity contribution in [3.05, 3.63) is 84.5 Å². The first kappa shape index (κ1) is 25.6. The SMILES string of the molecule is C=CCN(CC=C)C(C(=O)Nc1cc(F)c([Si](C)(C)C)c(F)c1)c1ccc(COC)cc1. The highest BCUT2D eigenvalue weighted by Crippen LogP contribution is 2.25. The largest absolute Gasteiger partial charge is 0.380 e. The van der Waals surface area contributed by atoms with Crippen LogP contribution < -0.4 is 10.5 Å². The molecule has 2 aromatic carbocycles. The molecular formula is C25H32F2N2O2Si. The first-order chi connectivity index (χ1) is 15.1. The highest BCUT2D eigenvalue weighted by molar-refractivity contribution is 6.88. The van der Waals surface area contributed by atoms with Crippen LogP contribution in [0.15, 0.2) is 61.7 Å². The number of carbonyl (C=O) groups excluding carboxylic acids is 1. The van der Waals surface area contributed by atoms with E-state index in [1.54, 1.807) is 19.3 Å². The van der Waals surface area contributed by atoms with E-state index in [0.717, 1.165) is 11.1 Å². The van der Waals surface area contributed by atoms with Crippen LogP contribution >= 0.6 is 0 Å². The number of hydrogen-bond acceptors (Lipinski definition) is 3. The number of nitrogens with one attached hydrogen (secondary N) is 1. The number of nitrogens with zero attached hydrogens (tertiary/aromatic N) is 1. The lowest BCUT2D eigenvalue weighted by molar-refractivity contribution is -0.121. The van der Waals surface area contributed by atoms with Crippen molar-refractivity contribution in [1.82, 2.24) is 4.90 Å². The number of hydrogen-bond donors (Lipinski definition) is 1. The molecule has 2 rings (SSSR count). The number of benzene rings is 2. The number of carbonyl (C=O) groups is 1. The van der Waals surface area contributed by atoms with Crippen LogP contribution in [0.2, 0.25) is 19.6 Å². The maximum Gasteiger partial charge on any atom is 0.246 e. The summed E-state index contributed by atoms with van der Waals surface area (Å²) in [6.45, 7) is 14.5. The Kier molecular flexibility index (Phi) is 9.06. The van der Waals surface area contributed by atoms with Gasteiger partial charge in [-0.25, -0.2) is 8.78 Å². The normalized spacial score (nSPS) is 12.5. The number of methoxy groups -OCH3 is 1. The van der Waals surface area contributed by atoms with Crippen molar-refractivity contribution < 1.29 is 18.3 Å². The summed E-state index contributed by atoms with van der Waals surface area (Å²) in [6.07, 6.45) is 3.40. The molecule has 1 N–H and O–H groups in total. The Morgan fingerprint density at radius 3 is 2.06 bits per heavy atom. The van der Waals surface area contributed by atoms with Gasteiger partial charge in [0.05, 0.1) is 14.7 Å². The predicted octanol–water partition coefficient (Wildman–Crippen LogP) is 5.01. The van der Waals surface area contributed by atoms with Gasteiger partial charge in [-0.3, -0.25) is 9.69 Å². The molecule has 0 aromatic heterocycles. The van der Waals surface area contributed by atoms with Crippen LogP contribution in [-0.4, -0.2) is 39.1 Å². The highest BCUT2D eigenvalue weighted by atomic mass is 28.3. The molecule has 0 aliphatic heterocycles. The lowest BCUT2D eigenvalue weighted by Gasteiger charge is -2.29. The van der Waals surface area contributed by atoms with Crippen LogP contribution in [0.4, 0.5) is 14.5 Å². The molecule has 0 spiro atoms. The van der Waals surface area contributed by atoms with Crippen LogP contribution in [-0.2, 0) is 16.1 Å². The van der Waals surface area contributed by atoms with E-state index in [9.17, 15) is 13.6 Å². The highest BCUT2D eigenvalue weighted by Gasteiger charge is 2.29. The molecule has 32 heavy (non-hydrogen) atoms. The summed E-state index contributed by atoms with van der Waals surface area (Å²) in [7, 11) is -0.598. The predicted molar refractivity (Wildman–Crippen MR) is 130 cm³/mol. The van der Waals surface area contributed by atoms with Crippen LogP contribution in [0, 0.1) is 11.6 Å². The van der Waals surface area contributed by atoms with E-state index >= 15 is 0 Å². The third kappa shape index (κ3) is 6.45. The Morgan fingerprint density at radius 2 is 1.62 bits per heavy atom. The van der Waals surface area contributed by atoms with Gasteiger partial charge >= 0.3 is 0 Å². The third-order valence-corrected chi connectivity index (χ3v) is 6.98. The number of amides is 1. The van der Waals surface area contributed by atoms with Crippen LogP contribution in [0.5, 0.6) is 0 Å². The van der Waals surface area contributed by atoms with Crippen molar-refractivity contribution in [2.45, 2.75) is 32.3 Å². The lowest BCUT2D eigenvalue weighted by Crippen LogP contribution is -2.42. The smallest absolute Gasteiger partial charge is 0.246 e. The molecule has 2 aromatic rings. The van der Waals surface area contributed by atoms with Gasteiger partial charge in [0.2, 0.25) is 5.91 Å². The minimum atomic E-state index is -2.21. The van der Waals surface area contributed by atoms with Gasteiger partial charge in [-0.2, -0.15) is 0 Å². The van der Waals surface area contributed by atoms with E-state index in [1.165, 1.54) is 12.1 Å². The summed E-state index contributed by atoms with van der Waals surface area (Å²) in [5.41, 5.74) is 1.80. The van der Waals surface area contributed by atoms with Crippen LogP contribution in [0.3, 0.4) is 0 Å². The van der Waals surface area contributed by atoms with E-state index in [1.807, 2.05) is 48.8 Å². The molecule has 0 bridgehead atoms. The zero-order valence-corrected chi connectivity index (χ0v) is 20.3. The topological polar surface area (TPSA) is 41.6 Å². The molecule has 0 saturated carbocycles. The third-order valence-electron chi connectivity index (χ3n) is 5.01. The van der Waals surface area contributed by atoms with Crippen molar-refractivity contribution in [3.8, 4) is 0 Å². The number of anilines is 1. The second kappa shape index (κ2) is 11.3. The van der Waals surface area contributed by atoms with Gasteiger partial charge in [0, 0.05) is 31.1 Å². The van der Waals surface area contributed by atoms with E-state index in [2.05, 4.69) is 18.5 Å². The summed E-state index contributed by atoms with van der Waals surface area (Å²) in [5, 5.41) is 2.83. The van der Waals surface area contributed by atoms with Gasteiger partial charge in [0.25, 0.3) is 0 Å². The summed E-state index contributed by atoms with van der Waals surface area (Å²) in [4.78, 5) is 15.2. The van der Waals surface area contributed by atoms with Crippen molar-refractivity contribution in [2.24, 2.45) is 0 Å². The summed E-state index contributed by atoms with van der Waals surface area (Å²) < 4.78 is 34.5. The average molecular weight is 459 g/mol. The Hall–Kier alpha value is -2.61. The Balaban J connectivity index is 2.41. The van der Waals surface area contributed by atoms with Crippen molar-refractivity contribution >= 4 is 24.9 Å². The fraction of sp³-hybridized carbons (Fsp3) is 0.320. The van der Waals surface area contributed by atoms with E-state index in [-0.39, 0.29) is 10.9 Å². The average Bonchev–Trinajstić information content (AvgIpc) is 2.68. The van der Waals surface area contributed by atoms with Crippen molar-refractivity contribution in [1.29, 1.82) is 0 Å². The van der Waals surface area contributed by atoms with Gasteiger partial charge in [-0.05, 0) is 23.3 Å². The first-order valence-corrected chi connectivity index (χ1v) is 14.0. The van der Waals surface area contributed by atoms with Gasteiger partial charge in [-0.15, -0.1) is 13.2 Å². The fourth-order valence-corrected chi connectivity index (χ4v) is 5.26. The van der Waals surface area contributed by atoms with Gasteiger partial charge in [-0.1, -0.05) is 56.1 Å². The Bertz CT molecular complexity index is 922. The van der Waals surface area contributed by atoms with Crippen LogP contribution in [0.25, 0.3) is 0 Å². The van der Waals surface area contributed by atoms with Crippen LogP contribution in [0.1, 0.15) is 17.2 Å². The molecule has 0 radical (unpaired) electrons. The molecule has 1 amide bonds. The zero-order chi connectivity index (χ0) is 23.9. The minimum Gasteiger partial charge on any atom is -0.380 e. The zero-order valence-electron chi connectivity index (χ0n) is 19.3. The molecule has 1 unspecified atom stereocenters. The monoisotopic (exact) mass is 458 g/mol. The molecule has 0 aliphatic rings. The minimum absolute atomic E-state index is 0.0881. The van der Waals surface area contributed by atoms with Crippen molar-refractivity contribution in [3.63, 3.8) is 0 Å². The summed E-state index contributed by atoms with van der Waals surface area (Å²) in [6, 6.07) is 9.17. The van der Waals surface area contributed by atoms with Gasteiger partial charge < -0.3 is 10.1 Å². The number of ether oxygens (including phenoxy) is 1. The quantitative estimate of drug-likeness (QED) is 0.380. The Morgan fingerprint density at radius 1 is 1.09 bits per heavy atom. The lowest BCUT2D eigenvalue weighted by atomic mass is 10.0. The molecule has 7 heteroatoms. The fourth-order valence-electron chi connectivity index (χ4n) is 3.68. The number of rotatable bonds is 11. The standard InChI is InChI=1S/C25H32F2N2O2Si/c1-7-13-29(14-8-2)23(19-11-9-18(10-12-19)17-31-3)25(30)28-20-15-21(26)24(22(27)16-20)32(4,5)6/h7-12,15-16,23H,1-2,13-14,17H2,3-6H3,(H,28,30).